The van der Waals surface area contributed by atoms with Gasteiger partial charge in [-0.25, -0.2) is 4.79 Å². The molecule has 7 aromatic rings. The van der Waals surface area contributed by atoms with Gasteiger partial charge in [0, 0.05) is 117 Å². The zero-order valence-corrected chi connectivity index (χ0v) is 41.0. The van der Waals surface area contributed by atoms with E-state index in [1.807, 2.05) is 65.4 Å². The average molecular weight is 949 g/mol. The van der Waals surface area contributed by atoms with Gasteiger partial charge in [0.05, 0.1) is 30.6 Å². The number of hydrogen-bond acceptors (Lipinski definition) is 11. The maximum absolute atomic E-state index is 13.8. The number of ether oxygens (including phenoxy) is 3. The number of rotatable bonds is 7. The normalized spacial score (nSPS) is 15.5. The van der Waals surface area contributed by atoms with Crippen molar-refractivity contribution in [3.63, 3.8) is 0 Å². The highest BCUT2D eigenvalue weighted by Gasteiger charge is 2.30. The molecule has 0 aliphatic carbocycles. The molecule has 0 saturated carbocycles. The van der Waals surface area contributed by atoms with Gasteiger partial charge in [-0.2, -0.15) is 27.2 Å². The van der Waals surface area contributed by atoms with Crippen molar-refractivity contribution in [3.8, 4) is 22.6 Å². The lowest BCUT2D eigenvalue weighted by Gasteiger charge is -2.36. The summed E-state index contributed by atoms with van der Waals surface area (Å²) in [6.45, 7) is 4.80. The Kier molecular flexibility index (Phi) is 13.2. The second kappa shape index (κ2) is 19.0. The van der Waals surface area contributed by atoms with Crippen LogP contribution in [0.1, 0.15) is 50.8 Å². The van der Waals surface area contributed by atoms with Crippen LogP contribution in [0.3, 0.4) is 0 Å². The summed E-state index contributed by atoms with van der Waals surface area (Å²) in [5.74, 6) is 3.28. The molecule has 0 spiro atoms. The summed E-state index contributed by atoms with van der Waals surface area (Å²) in [4.78, 5) is 17.1. The lowest BCUT2D eigenvalue weighted by atomic mass is 9.94. The van der Waals surface area contributed by atoms with Crippen LogP contribution < -0.4 is 14.4 Å². The molecule has 0 atom stereocenters. The number of carbonyl (C=O) groups is 1. The first-order chi connectivity index (χ1) is 31.8. The van der Waals surface area contributed by atoms with E-state index in [0.29, 0.717) is 68.6 Å². The molecule has 3 aromatic heterocycles. The number of esters is 1. The molecule has 1 fully saturated rings. The molecule has 1 saturated heterocycles. The number of piperazine rings is 1. The van der Waals surface area contributed by atoms with E-state index in [1.54, 1.807) is 37.6 Å². The van der Waals surface area contributed by atoms with Gasteiger partial charge in [0.25, 0.3) is 10.2 Å². The Labute approximate surface area is 395 Å². The van der Waals surface area contributed by atoms with Gasteiger partial charge in [0.1, 0.15) is 29.5 Å². The van der Waals surface area contributed by atoms with E-state index in [1.165, 1.54) is 15.7 Å². The Hall–Kier alpha value is -5.46. The second-order valence-corrected chi connectivity index (χ2v) is 21.2. The van der Waals surface area contributed by atoms with Crippen molar-refractivity contribution >= 4 is 67.1 Å². The number of carbonyl (C=O) groups excluding carboxylic acids is 1. The number of anilines is 1. The number of fused-ring (bicyclic) bond motifs is 8. The molecule has 346 valence electrons. The molecule has 0 N–H and O–H groups in total. The van der Waals surface area contributed by atoms with Crippen LogP contribution in [-0.4, -0.2) is 101 Å². The summed E-state index contributed by atoms with van der Waals surface area (Å²) in [7, 11) is 7.06. The van der Waals surface area contributed by atoms with Crippen molar-refractivity contribution < 1.29 is 27.4 Å². The van der Waals surface area contributed by atoms with Crippen LogP contribution in [0, 0.1) is 6.92 Å². The second-order valence-electron chi connectivity index (χ2n) is 17.0. The molecular formula is C49H56N8O6S3. The number of hydrogen-bond donors (Lipinski definition) is 0. The molecule has 17 heteroatoms. The topological polar surface area (TPSA) is 129 Å². The van der Waals surface area contributed by atoms with Crippen LogP contribution in [-0.2, 0) is 66.4 Å². The maximum atomic E-state index is 13.8. The van der Waals surface area contributed by atoms with Gasteiger partial charge in [0.2, 0.25) is 0 Å². The summed E-state index contributed by atoms with van der Waals surface area (Å²) < 4.78 is 52.7. The monoisotopic (exact) mass is 948 g/mol. The van der Waals surface area contributed by atoms with E-state index < -0.39 is 10.2 Å². The third-order valence-electron chi connectivity index (χ3n) is 12.7. The van der Waals surface area contributed by atoms with E-state index in [4.69, 9.17) is 24.4 Å². The predicted molar refractivity (Wildman–Crippen MR) is 264 cm³/mol. The highest BCUT2D eigenvalue weighted by molar-refractivity contribution is 7.98. The van der Waals surface area contributed by atoms with Gasteiger partial charge in [-0.1, -0.05) is 36.4 Å². The molecule has 2 aliphatic rings. The first-order valence-corrected chi connectivity index (χ1v) is 25.6. The number of aromatic nitrogens is 5. The van der Waals surface area contributed by atoms with Gasteiger partial charge in [-0.15, -0.1) is 23.5 Å². The molecular weight excluding hydrogens is 893 g/mol. The van der Waals surface area contributed by atoms with Crippen molar-refractivity contribution in [1.29, 1.82) is 0 Å². The van der Waals surface area contributed by atoms with Crippen LogP contribution >= 0.6 is 23.5 Å². The van der Waals surface area contributed by atoms with Crippen LogP contribution in [0.4, 0.5) is 5.69 Å². The molecule has 0 radical (unpaired) electrons. The minimum absolute atomic E-state index is 0.208. The SMILES string of the molecule is COC(=O)c1c2c3ccc(C)c(c3n1C)-c1c(COc3ccc(N4CCN(S(=O)(=O)N(C)C)CC4)cc3)nn(C)c1CSCc1cc(n(C)n1)CSc1cc(c3ccccc3c1)OCCC2. The third-order valence-corrected chi connectivity index (χ3v) is 16.6. The van der Waals surface area contributed by atoms with Gasteiger partial charge >= 0.3 is 5.97 Å². The van der Waals surface area contributed by atoms with Gasteiger partial charge in [-0.3, -0.25) is 9.36 Å². The molecule has 66 heavy (non-hydrogen) atoms. The van der Waals surface area contributed by atoms with Crippen LogP contribution in [0.25, 0.3) is 32.8 Å². The third kappa shape index (κ3) is 8.90. The Bertz CT molecular complexity index is 3040. The van der Waals surface area contributed by atoms with Crippen LogP contribution in [0.15, 0.2) is 83.8 Å². The Balaban J connectivity index is 1.07. The zero-order chi connectivity index (χ0) is 46.3. The number of methoxy groups -OCH3 is 1. The average Bonchev–Trinajstić information content (AvgIpc) is 3.93. The summed E-state index contributed by atoms with van der Waals surface area (Å²) in [5, 5.41) is 13.2. The first-order valence-electron chi connectivity index (χ1n) is 22.1. The number of thioether (sulfide) groups is 2. The smallest absolute Gasteiger partial charge is 0.354 e. The zero-order valence-electron chi connectivity index (χ0n) is 38.5. The fraction of sp³-hybridized carbons (Fsp3) is 0.367. The van der Waals surface area contributed by atoms with E-state index in [9.17, 15) is 13.2 Å². The minimum Gasteiger partial charge on any atom is -0.493 e. The lowest BCUT2D eigenvalue weighted by Crippen LogP contribution is -2.51. The van der Waals surface area contributed by atoms with E-state index in [0.717, 1.165) is 88.8 Å². The highest BCUT2D eigenvalue weighted by Crippen LogP contribution is 2.42. The fourth-order valence-electron chi connectivity index (χ4n) is 9.21. The highest BCUT2D eigenvalue weighted by atomic mass is 32.2. The molecule has 0 amide bonds. The Morgan fingerprint density at radius 3 is 2.39 bits per heavy atom. The van der Waals surface area contributed by atoms with Crippen molar-refractivity contribution in [2.24, 2.45) is 21.1 Å². The summed E-state index contributed by atoms with van der Waals surface area (Å²) in [6, 6.07) is 27.1. The summed E-state index contributed by atoms with van der Waals surface area (Å²) >= 11 is 3.56. The van der Waals surface area contributed by atoms with E-state index in [2.05, 4.69) is 60.4 Å². The van der Waals surface area contributed by atoms with E-state index >= 15 is 0 Å². The van der Waals surface area contributed by atoms with Gasteiger partial charge < -0.3 is 23.7 Å². The summed E-state index contributed by atoms with van der Waals surface area (Å²) in [6.07, 6.45) is 1.28. The molecule has 8 bridgehead atoms. The van der Waals surface area contributed by atoms with Crippen molar-refractivity contribution in [3.05, 3.63) is 118 Å². The molecule has 2 aliphatic heterocycles. The number of aryl methyl sites for hydroxylation is 5. The molecule has 9 rings (SSSR count). The quantitative estimate of drug-likeness (QED) is 0.144. The Morgan fingerprint density at radius 2 is 1.64 bits per heavy atom. The first kappa shape index (κ1) is 45.7. The fourth-order valence-corrected chi connectivity index (χ4v) is 12.3. The standard InChI is InChI=1S/C49H56N8O6S3/c1-32-14-19-41-40-13-10-24-62-44-27-38(25-33-11-8-9-12-39(33)44)65-30-36-26-34(50-54(36)5)29-64-31-43-46(45(32)47(41)53(4)48(40)49(58)61-7)42(51-55(43)6)28-63-37-17-15-35(16-18-37)56-20-22-57(23-21-56)66(59,60)52(2)3/h8-9,11-12,14-19,25-27H,10,13,20-24,28-31H2,1-7H3. The minimum atomic E-state index is -3.45. The molecule has 0 unspecified atom stereocenters. The van der Waals surface area contributed by atoms with Gasteiger partial charge in [0.15, 0.2) is 0 Å². The van der Waals surface area contributed by atoms with Crippen molar-refractivity contribution in [2.45, 2.75) is 48.5 Å². The van der Waals surface area contributed by atoms with Crippen molar-refractivity contribution in [1.82, 2.24) is 32.7 Å². The van der Waals surface area contributed by atoms with E-state index in [-0.39, 0.29) is 12.6 Å². The van der Waals surface area contributed by atoms with Crippen LogP contribution in [0.2, 0.25) is 0 Å². The van der Waals surface area contributed by atoms with Gasteiger partial charge in [-0.05, 0) is 78.7 Å². The molecule has 14 nitrogen and oxygen atoms in total. The predicted octanol–water partition coefficient (Wildman–Crippen LogP) is 8.12. The van der Waals surface area contributed by atoms with Crippen molar-refractivity contribution in [2.75, 3.05) is 58.9 Å². The maximum Gasteiger partial charge on any atom is 0.354 e. The number of nitrogens with zero attached hydrogens (tertiary/aromatic N) is 8. The summed E-state index contributed by atoms with van der Waals surface area (Å²) in [5.41, 5.74) is 10.4. The largest absolute Gasteiger partial charge is 0.493 e. The molecule has 5 heterocycles. The number of benzene rings is 4. The lowest BCUT2D eigenvalue weighted by molar-refractivity contribution is 0.0589. The molecule has 4 aromatic carbocycles. The van der Waals surface area contributed by atoms with Crippen LogP contribution in [0.5, 0.6) is 11.5 Å². The Morgan fingerprint density at radius 1 is 0.864 bits per heavy atom.